The highest BCUT2D eigenvalue weighted by Gasteiger charge is 2.09. The number of hydrogen-bond acceptors (Lipinski definition) is 3. The topological polar surface area (TPSA) is 12.4 Å². The minimum atomic E-state index is -0.805. The van der Waals surface area contributed by atoms with E-state index < -0.39 is 17.3 Å². The first kappa shape index (κ1) is 19.3. The van der Waals surface area contributed by atoms with E-state index in [0.717, 1.165) is 23.4 Å². The first-order chi connectivity index (χ1) is 12.1. The van der Waals surface area contributed by atoms with Gasteiger partial charge < -0.3 is 0 Å². The molecule has 0 aliphatic carbocycles. The molecule has 1 nitrogen and oxygen atoms in total. The monoisotopic (exact) mass is 373 g/mol. The Morgan fingerprint density at radius 2 is 1.64 bits per heavy atom. The van der Waals surface area contributed by atoms with Crippen molar-refractivity contribution < 1.29 is 8.78 Å². The number of aliphatic imine (C=N–C) groups is 1. The fourth-order valence-electron chi connectivity index (χ4n) is 2.11. The van der Waals surface area contributed by atoms with Gasteiger partial charge in [-0.25, -0.2) is 8.78 Å². The molecule has 0 aliphatic rings. The van der Waals surface area contributed by atoms with E-state index in [1.807, 2.05) is 41.2 Å². The van der Waals surface area contributed by atoms with E-state index >= 15 is 0 Å². The molecule has 5 heteroatoms. The van der Waals surface area contributed by atoms with E-state index in [1.165, 1.54) is 24.2 Å². The highest BCUT2D eigenvalue weighted by molar-refractivity contribution is 7.99. The molecular formula is C20H17F2NS2. The Balaban J connectivity index is 2.07. The van der Waals surface area contributed by atoms with Crippen molar-refractivity contribution >= 4 is 34.8 Å². The maximum Gasteiger partial charge on any atom is 0.153 e. The van der Waals surface area contributed by atoms with Crippen LogP contribution in [0.2, 0.25) is 0 Å². The van der Waals surface area contributed by atoms with Crippen LogP contribution in [0.1, 0.15) is 37.3 Å². The molecule has 0 saturated heterocycles. The van der Waals surface area contributed by atoms with Crippen LogP contribution >= 0.6 is 24.0 Å². The van der Waals surface area contributed by atoms with Gasteiger partial charge in [-0.2, -0.15) is 4.99 Å². The summed E-state index contributed by atoms with van der Waals surface area (Å²) in [5, 5.41) is 1.96. The van der Waals surface area contributed by atoms with Crippen LogP contribution in [0.5, 0.6) is 0 Å². The summed E-state index contributed by atoms with van der Waals surface area (Å²) in [5.41, 5.74) is 0.598. The number of thiocarbonyl (C=S) groups is 1. The number of hydrogen-bond donors (Lipinski definition) is 0. The predicted molar refractivity (Wildman–Crippen MR) is 104 cm³/mol. The van der Waals surface area contributed by atoms with Gasteiger partial charge in [0.2, 0.25) is 0 Å². The van der Waals surface area contributed by atoms with E-state index in [0.29, 0.717) is 0 Å². The van der Waals surface area contributed by atoms with Gasteiger partial charge in [-0.1, -0.05) is 31.6 Å². The highest BCUT2D eigenvalue weighted by atomic mass is 32.2. The smallest absolute Gasteiger partial charge is 0.153 e. The highest BCUT2D eigenvalue weighted by Crippen LogP contribution is 2.23. The largest absolute Gasteiger partial charge is 0.204 e. The molecule has 128 valence electrons. The lowest BCUT2D eigenvalue weighted by molar-refractivity contribution is 0.587. The van der Waals surface area contributed by atoms with Crippen LogP contribution in [0, 0.1) is 23.5 Å². The molecule has 2 rings (SSSR count). The molecule has 0 bridgehead atoms. The third-order valence-corrected chi connectivity index (χ3v) is 4.59. The van der Waals surface area contributed by atoms with Crippen molar-refractivity contribution in [1.82, 2.24) is 0 Å². The van der Waals surface area contributed by atoms with Gasteiger partial charge in [0.05, 0.1) is 5.16 Å². The van der Waals surface area contributed by atoms with Gasteiger partial charge in [0.15, 0.2) is 11.6 Å². The van der Waals surface area contributed by atoms with Gasteiger partial charge >= 0.3 is 0 Å². The summed E-state index contributed by atoms with van der Waals surface area (Å²) < 4.78 is 27.5. The summed E-state index contributed by atoms with van der Waals surface area (Å²) in [5.74, 6) is 5.17. The number of benzene rings is 2. The molecule has 0 saturated carbocycles. The normalized spacial score (nSPS) is 9.88. The molecule has 0 heterocycles. The zero-order chi connectivity index (χ0) is 18.1. The SMILES string of the molecule is CCCCCSc1ccc(C#Cc2cc(F)c(N=C=S)c(F)c2)cc1. The third kappa shape index (κ3) is 6.10. The van der Waals surface area contributed by atoms with Crippen molar-refractivity contribution in [3.8, 4) is 11.8 Å². The van der Waals surface area contributed by atoms with E-state index in [9.17, 15) is 8.78 Å². The summed E-state index contributed by atoms with van der Waals surface area (Å²) in [6.45, 7) is 2.19. The molecule has 0 aliphatic heterocycles. The number of isothiocyanates is 1. The van der Waals surface area contributed by atoms with Gasteiger partial charge in [-0.05, 0) is 60.8 Å². The van der Waals surface area contributed by atoms with Gasteiger partial charge in [0.25, 0.3) is 0 Å². The average Bonchev–Trinajstić information content (AvgIpc) is 2.61. The molecule has 0 spiro atoms. The van der Waals surface area contributed by atoms with Crippen LogP contribution in [-0.4, -0.2) is 10.9 Å². The van der Waals surface area contributed by atoms with E-state index in [4.69, 9.17) is 0 Å². The molecule has 0 atom stereocenters. The van der Waals surface area contributed by atoms with Crippen molar-refractivity contribution in [2.75, 3.05) is 5.75 Å². The van der Waals surface area contributed by atoms with Crippen LogP contribution in [0.15, 0.2) is 46.3 Å². The lowest BCUT2D eigenvalue weighted by Gasteiger charge is -2.01. The summed E-state index contributed by atoms with van der Waals surface area (Å²) in [4.78, 5) is 4.57. The first-order valence-electron chi connectivity index (χ1n) is 7.96. The Bertz CT molecular complexity index is 806. The van der Waals surface area contributed by atoms with Crippen LogP contribution < -0.4 is 0 Å². The Morgan fingerprint density at radius 3 is 2.24 bits per heavy atom. The van der Waals surface area contributed by atoms with Gasteiger partial charge in [-0.3, -0.25) is 0 Å². The standard InChI is InChI=1S/C20H17F2NS2/c1-2-3-4-11-25-17-9-7-15(8-10-17)5-6-16-12-18(21)20(23-14-24)19(22)13-16/h7-10,12-13H,2-4,11H2,1H3. The Hall–Kier alpha value is -1.99. The van der Waals surface area contributed by atoms with E-state index in [2.05, 4.69) is 36.0 Å². The predicted octanol–water partition coefficient (Wildman–Crippen LogP) is 6.38. The molecule has 0 unspecified atom stereocenters. The lowest BCUT2D eigenvalue weighted by Crippen LogP contribution is -1.86. The Kier molecular flexibility index (Phi) is 7.81. The molecule has 0 aromatic heterocycles. The number of halogens is 2. The number of nitrogens with zero attached hydrogens (tertiary/aromatic N) is 1. The molecular weight excluding hydrogens is 356 g/mol. The van der Waals surface area contributed by atoms with Gasteiger partial charge in [0.1, 0.15) is 5.69 Å². The average molecular weight is 373 g/mol. The lowest BCUT2D eigenvalue weighted by atomic mass is 10.1. The second-order valence-electron chi connectivity index (χ2n) is 5.32. The molecule has 0 fully saturated rings. The Labute approximate surface area is 156 Å². The van der Waals surface area contributed by atoms with Crippen molar-refractivity contribution in [1.29, 1.82) is 0 Å². The minimum Gasteiger partial charge on any atom is -0.204 e. The first-order valence-corrected chi connectivity index (χ1v) is 9.35. The zero-order valence-corrected chi connectivity index (χ0v) is 15.4. The van der Waals surface area contributed by atoms with E-state index in [1.54, 1.807) is 0 Å². The second-order valence-corrected chi connectivity index (χ2v) is 6.67. The van der Waals surface area contributed by atoms with Gasteiger partial charge in [-0.15, -0.1) is 11.8 Å². The number of thioether (sulfide) groups is 1. The van der Waals surface area contributed by atoms with Crippen molar-refractivity contribution in [2.45, 2.75) is 31.1 Å². The number of rotatable bonds is 6. The minimum absolute atomic E-state index is 0.247. The van der Waals surface area contributed by atoms with Crippen LogP contribution in [0.3, 0.4) is 0 Å². The quantitative estimate of drug-likeness (QED) is 0.191. The zero-order valence-electron chi connectivity index (χ0n) is 13.8. The third-order valence-electron chi connectivity index (χ3n) is 3.40. The van der Waals surface area contributed by atoms with E-state index in [-0.39, 0.29) is 5.56 Å². The Morgan fingerprint density at radius 1 is 1.00 bits per heavy atom. The van der Waals surface area contributed by atoms with Crippen molar-refractivity contribution in [2.24, 2.45) is 4.99 Å². The molecule has 2 aromatic rings. The molecule has 25 heavy (non-hydrogen) atoms. The fourth-order valence-corrected chi connectivity index (χ4v) is 3.12. The van der Waals surface area contributed by atoms with Crippen molar-refractivity contribution in [3.05, 3.63) is 59.2 Å². The fraction of sp³-hybridized carbons (Fsp3) is 0.250. The van der Waals surface area contributed by atoms with Crippen LogP contribution in [0.25, 0.3) is 0 Å². The number of unbranched alkanes of at least 4 members (excludes halogenated alkanes) is 2. The van der Waals surface area contributed by atoms with Gasteiger partial charge in [0, 0.05) is 16.0 Å². The van der Waals surface area contributed by atoms with Crippen LogP contribution in [0.4, 0.5) is 14.5 Å². The maximum absolute atomic E-state index is 13.8. The summed E-state index contributed by atoms with van der Waals surface area (Å²) in [6, 6.07) is 10.1. The maximum atomic E-state index is 13.8. The molecule has 0 amide bonds. The molecule has 0 N–H and O–H groups in total. The summed E-state index contributed by atoms with van der Waals surface area (Å²) in [7, 11) is 0. The summed E-state index contributed by atoms with van der Waals surface area (Å²) >= 11 is 6.19. The summed E-state index contributed by atoms with van der Waals surface area (Å²) in [6.07, 6.45) is 3.68. The molecule has 0 radical (unpaired) electrons. The second kappa shape index (κ2) is 10.1. The van der Waals surface area contributed by atoms with Crippen molar-refractivity contribution in [3.63, 3.8) is 0 Å². The molecule has 2 aromatic carbocycles. The van der Waals surface area contributed by atoms with Crippen LogP contribution in [-0.2, 0) is 0 Å².